The van der Waals surface area contributed by atoms with Gasteiger partial charge in [-0.2, -0.15) is 0 Å². The maximum Gasteiger partial charge on any atom is 0.151 e. The summed E-state index contributed by atoms with van der Waals surface area (Å²) >= 11 is 13.6. The predicted octanol–water partition coefficient (Wildman–Crippen LogP) is 2.30. The van der Waals surface area contributed by atoms with Crippen LogP contribution in [0, 0.1) is 0 Å². The molecule has 13 heavy (non-hydrogen) atoms. The third-order valence-corrected chi connectivity index (χ3v) is 3.54. The number of nitrogens with one attached hydrogen (secondary N) is 1. The van der Waals surface area contributed by atoms with E-state index in [0.717, 1.165) is 10.6 Å². The summed E-state index contributed by atoms with van der Waals surface area (Å²) < 4.78 is 0. The van der Waals surface area contributed by atoms with Crippen LogP contribution in [0.3, 0.4) is 0 Å². The lowest BCUT2D eigenvalue weighted by atomic mass is 10.1. The second kappa shape index (κ2) is 3.65. The second-order valence-corrected chi connectivity index (χ2v) is 4.76. The molecule has 2 aliphatic rings. The topological polar surface area (TPSA) is 24.4 Å². The molecule has 0 aromatic rings. The molecule has 1 heterocycles. The first-order valence-corrected chi connectivity index (χ1v) is 5.55. The van der Waals surface area contributed by atoms with Crippen LogP contribution in [0.1, 0.15) is 0 Å². The Morgan fingerprint density at radius 2 is 2.38 bits per heavy atom. The zero-order valence-corrected chi connectivity index (χ0v) is 9.25. The van der Waals surface area contributed by atoms with E-state index in [2.05, 4.69) is 10.3 Å². The van der Waals surface area contributed by atoms with Gasteiger partial charge in [-0.25, -0.2) is 0 Å². The average molecular weight is 235 g/mol. The third-order valence-electron chi connectivity index (χ3n) is 1.83. The number of fused-ring (bicyclic) bond motifs is 1. The van der Waals surface area contributed by atoms with E-state index in [-0.39, 0.29) is 10.9 Å². The van der Waals surface area contributed by atoms with Gasteiger partial charge in [-0.3, -0.25) is 10.3 Å². The smallest absolute Gasteiger partial charge is 0.151 e. The van der Waals surface area contributed by atoms with Crippen LogP contribution in [0.15, 0.2) is 27.1 Å². The van der Waals surface area contributed by atoms with Crippen LogP contribution in [-0.2, 0) is 0 Å². The molecular formula is C8H8Cl2N2S. The Kier molecular flexibility index (Phi) is 2.70. The van der Waals surface area contributed by atoms with Gasteiger partial charge in [-0.05, 0) is 19.2 Å². The maximum absolute atomic E-state index is 6.06. The van der Waals surface area contributed by atoms with Crippen molar-refractivity contribution in [1.29, 1.82) is 0 Å². The SMILES string of the molecule is CNC1N=C2C(=CC(Cl)=CC2Cl)S1. The van der Waals surface area contributed by atoms with Gasteiger partial charge in [0.2, 0.25) is 0 Å². The minimum atomic E-state index is -0.182. The zero-order valence-electron chi connectivity index (χ0n) is 6.92. The number of nitrogens with zero attached hydrogens (tertiary/aromatic N) is 1. The van der Waals surface area contributed by atoms with Crippen molar-refractivity contribution in [3.8, 4) is 0 Å². The van der Waals surface area contributed by atoms with Crippen molar-refractivity contribution < 1.29 is 0 Å². The predicted molar refractivity (Wildman–Crippen MR) is 59.5 cm³/mol. The van der Waals surface area contributed by atoms with E-state index < -0.39 is 0 Å². The highest BCUT2D eigenvalue weighted by molar-refractivity contribution is 8.05. The first kappa shape index (κ1) is 9.59. The summed E-state index contributed by atoms with van der Waals surface area (Å²) in [7, 11) is 1.87. The standard InChI is InChI=1S/C8H8Cl2N2S/c1-11-8-12-7-5(10)2-4(9)3-6(7)13-8/h2-3,5,8,11H,1H3. The normalized spacial score (nSPS) is 32.1. The fraction of sp³-hybridized carbons (Fsp3) is 0.375. The molecule has 0 bridgehead atoms. The van der Waals surface area contributed by atoms with E-state index in [1.54, 1.807) is 17.8 Å². The Morgan fingerprint density at radius 3 is 3.08 bits per heavy atom. The molecule has 5 heteroatoms. The van der Waals surface area contributed by atoms with Crippen molar-refractivity contribution >= 4 is 40.7 Å². The third kappa shape index (κ3) is 1.79. The molecular weight excluding hydrogens is 227 g/mol. The van der Waals surface area contributed by atoms with Gasteiger partial charge >= 0.3 is 0 Å². The fourth-order valence-corrected chi connectivity index (χ4v) is 2.99. The Morgan fingerprint density at radius 1 is 1.62 bits per heavy atom. The molecule has 2 rings (SSSR count). The van der Waals surface area contributed by atoms with Crippen LogP contribution in [0.5, 0.6) is 0 Å². The molecule has 0 spiro atoms. The lowest BCUT2D eigenvalue weighted by molar-refractivity contribution is 0.784. The van der Waals surface area contributed by atoms with Crippen LogP contribution in [0.25, 0.3) is 0 Å². The summed E-state index contributed by atoms with van der Waals surface area (Å²) in [6.45, 7) is 0. The molecule has 0 saturated heterocycles. The summed E-state index contributed by atoms with van der Waals surface area (Å²) in [5, 5.41) is 3.58. The number of hydrogen-bond donors (Lipinski definition) is 1. The van der Waals surface area contributed by atoms with E-state index >= 15 is 0 Å². The van der Waals surface area contributed by atoms with Crippen molar-refractivity contribution in [3.05, 3.63) is 22.1 Å². The van der Waals surface area contributed by atoms with Crippen LogP contribution in [0.4, 0.5) is 0 Å². The van der Waals surface area contributed by atoms with E-state index in [9.17, 15) is 0 Å². The minimum absolute atomic E-state index is 0.0819. The van der Waals surface area contributed by atoms with Crippen LogP contribution in [0.2, 0.25) is 0 Å². The van der Waals surface area contributed by atoms with E-state index in [0.29, 0.717) is 5.03 Å². The number of aliphatic imine (C=N–C) groups is 1. The molecule has 0 aromatic heterocycles. The molecule has 1 aliphatic heterocycles. The summed E-state index contributed by atoms with van der Waals surface area (Å²) in [4.78, 5) is 5.48. The van der Waals surface area contributed by atoms with E-state index in [1.165, 1.54) is 0 Å². The van der Waals surface area contributed by atoms with Gasteiger partial charge in [-0.1, -0.05) is 23.4 Å². The van der Waals surface area contributed by atoms with Gasteiger partial charge in [0.05, 0.1) is 11.1 Å². The van der Waals surface area contributed by atoms with Crippen molar-refractivity contribution in [2.75, 3.05) is 7.05 Å². The van der Waals surface area contributed by atoms with Gasteiger partial charge in [-0.15, -0.1) is 11.6 Å². The van der Waals surface area contributed by atoms with E-state index in [1.807, 2.05) is 13.1 Å². The van der Waals surface area contributed by atoms with Gasteiger partial charge in [0, 0.05) is 9.94 Å². The van der Waals surface area contributed by atoms with Crippen molar-refractivity contribution in [2.24, 2.45) is 4.99 Å². The molecule has 0 amide bonds. The van der Waals surface area contributed by atoms with Crippen molar-refractivity contribution in [2.45, 2.75) is 10.9 Å². The first-order chi connectivity index (χ1) is 6.20. The van der Waals surface area contributed by atoms with Gasteiger partial charge in [0.1, 0.15) is 0 Å². The molecule has 70 valence electrons. The number of alkyl halides is 1. The number of halogens is 2. The lowest BCUT2D eigenvalue weighted by Crippen LogP contribution is -2.17. The average Bonchev–Trinajstić information content (AvgIpc) is 2.47. The van der Waals surface area contributed by atoms with Crippen LogP contribution < -0.4 is 5.32 Å². The first-order valence-electron chi connectivity index (χ1n) is 3.86. The highest BCUT2D eigenvalue weighted by Crippen LogP contribution is 2.37. The molecule has 2 unspecified atom stereocenters. The van der Waals surface area contributed by atoms with Crippen molar-refractivity contribution in [3.63, 3.8) is 0 Å². The van der Waals surface area contributed by atoms with Gasteiger partial charge in [0.15, 0.2) is 5.50 Å². The Balaban J connectivity index is 2.30. The highest BCUT2D eigenvalue weighted by Gasteiger charge is 2.29. The molecule has 0 saturated carbocycles. The molecule has 0 aromatic carbocycles. The monoisotopic (exact) mass is 234 g/mol. The largest absolute Gasteiger partial charge is 0.290 e. The van der Waals surface area contributed by atoms with Gasteiger partial charge in [0.25, 0.3) is 0 Å². The molecule has 2 nitrogen and oxygen atoms in total. The van der Waals surface area contributed by atoms with Gasteiger partial charge < -0.3 is 0 Å². The fourth-order valence-electron chi connectivity index (χ4n) is 1.23. The maximum atomic E-state index is 6.06. The number of rotatable bonds is 1. The molecule has 1 N–H and O–H groups in total. The highest BCUT2D eigenvalue weighted by atomic mass is 35.5. The Bertz CT molecular complexity index is 322. The quantitative estimate of drug-likeness (QED) is 0.705. The molecule has 0 radical (unpaired) electrons. The Hall–Kier alpha value is 0.0400. The summed E-state index contributed by atoms with van der Waals surface area (Å²) in [6.07, 6.45) is 3.70. The molecule has 0 fully saturated rings. The summed E-state index contributed by atoms with van der Waals surface area (Å²) in [6, 6.07) is 0. The summed E-state index contributed by atoms with van der Waals surface area (Å²) in [5.41, 5.74) is 1.01. The number of hydrogen-bond acceptors (Lipinski definition) is 3. The van der Waals surface area contributed by atoms with Crippen LogP contribution >= 0.6 is 35.0 Å². The van der Waals surface area contributed by atoms with Crippen LogP contribution in [-0.4, -0.2) is 23.6 Å². The van der Waals surface area contributed by atoms with E-state index in [4.69, 9.17) is 23.2 Å². The molecule has 2 atom stereocenters. The zero-order chi connectivity index (χ0) is 9.42. The number of allylic oxidation sites excluding steroid dienone is 4. The molecule has 1 aliphatic carbocycles. The Labute approximate surface area is 91.1 Å². The number of thioether (sulfide) groups is 1. The lowest BCUT2D eigenvalue weighted by Gasteiger charge is -2.10. The summed E-state index contributed by atoms with van der Waals surface area (Å²) in [5.74, 6) is 0. The second-order valence-electron chi connectivity index (χ2n) is 2.74. The minimum Gasteiger partial charge on any atom is -0.290 e. The van der Waals surface area contributed by atoms with Crippen molar-refractivity contribution in [1.82, 2.24) is 5.32 Å².